The highest BCUT2D eigenvalue weighted by Crippen LogP contribution is 2.29. The van der Waals surface area contributed by atoms with Crippen LogP contribution >= 0.6 is 15.9 Å². The highest BCUT2D eigenvalue weighted by molar-refractivity contribution is 9.10. The smallest absolute Gasteiger partial charge is 0.123 e. The first-order valence-corrected chi connectivity index (χ1v) is 7.82. The first kappa shape index (κ1) is 17.3. The van der Waals surface area contributed by atoms with Gasteiger partial charge >= 0.3 is 0 Å². The van der Waals surface area contributed by atoms with E-state index in [2.05, 4.69) is 68.5 Å². The summed E-state index contributed by atoms with van der Waals surface area (Å²) in [5.74, 6) is 1.38. The molecular weight excluding hydrogens is 314 g/mol. The van der Waals surface area contributed by atoms with Crippen molar-refractivity contribution in [3.8, 4) is 5.75 Å². The number of ether oxygens (including phenoxy) is 1. The van der Waals surface area contributed by atoms with Crippen molar-refractivity contribution in [2.45, 2.75) is 46.1 Å². The van der Waals surface area contributed by atoms with E-state index < -0.39 is 0 Å². The second kappa shape index (κ2) is 7.28. The number of hydrogen-bond donors (Lipinski definition) is 1. The van der Waals surface area contributed by atoms with Crippen molar-refractivity contribution in [3.05, 3.63) is 40.4 Å². The molecule has 0 saturated carbocycles. The van der Waals surface area contributed by atoms with Crippen LogP contribution in [0.3, 0.4) is 0 Å². The summed E-state index contributed by atoms with van der Waals surface area (Å²) in [6.45, 7) is 16.2. The van der Waals surface area contributed by atoms with Gasteiger partial charge in [0.25, 0.3) is 0 Å². The standard InChI is InChI=1S/C17H26BrNO/c1-12(2)15-9-14(18)7-8-16(15)20-11-13(3)10-19-17(4,5)6/h7-9,12,19H,3,10-11H2,1-2,4-6H3. The summed E-state index contributed by atoms with van der Waals surface area (Å²) in [4.78, 5) is 0. The maximum atomic E-state index is 5.92. The zero-order valence-corrected chi connectivity index (χ0v) is 14.8. The Kier molecular flexibility index (Phi) is 6.28. The predicted octanol–water partition coefficient (Wildman–Crippen LogP) is 4.90. The van der Waals surface area contributed by atoms with Gasteiger partial charge in [0.2, 0.25) is 0 Å². The minimum absolute atomic E-state index is 0.101. The first-order chi connectivity index (χ1) is 9.19. The van der Waals surface area contributed by atoms with Gasteiger partial charge in [-0.2, -0.15) is 0 Å². The summed E-state index contributed by atoms with van der Waals surface area (Å²) >= 11 is 3.51. The van der Waals surface area contributed by atoms with Gasteiger partial charge in [-0.05, 0) is 56.0 Å². The zero-order chi connectivity index (χ0) is 15.3. The molecule has 1 aromatic carbocycles. The topological polar surface area (TPSA) is 21.3 Å². The number of nitrogens with one attached hydrogen (secondary N) is 1. The largest absolute Gasteiger partial charge is 0.489 e. The molecular formula is C17H26BrNO. The minimum atomic E-state index is 0.101. The van der Waals surface area contributed by atoms with E-state index in [0.717, 1.165) is 22.3 Å². The Balaban J connectivity index is 2.59. The van der Waals surface area contributed by atoms with Gasteiger partial charge in [0, 0.05) is 16.6 Å². The second-order valence-corrected chi connectivity index (χ2v) is 7.39. The van der Waals surface area contributed by atoms with Crippen molar-refractivity contribution in [1.82, 2.24) is 5.32 Å². The van der Waals surface area contributed by atoms with Crippen molar-refractivity contribution in [3.63, 3.8) is 0 Å². The molecule has 1 N–H and O–H groups in total. The van der Waals surface area contributed by atoms with E-state index in [9.17, 15) is 0 Å². The van der Waals surface area contributed by atoms with E-state index in [1.807, 2.05) is 12.1 Å². The molecule has 0 bridgehead atoms. The molecule has 0 saturated heterocycles. The van der Waals surface area contributed by atoms with Crippen LogP contribution in [0.5, 0.6) is 5.75 Å². The fraction of sp³-hybridized carbons (Fsp3) is 0.529. The number of halogens is 1. The molecule has 0 unspecified atom stereocenters. The van der Waals surface area contributed by atoms with Crippen molar-refractivity contribution in [2.24, 2.45) is 0 Å². The maximum absolute atomic E-state index is 5.92. The van der Waals surface area contributed by atoms with Gasteiger partial charge in [-0.15, -0.1) is 0 Å². The lowest BCUT2D eigenvalue weighted by atomic mass is 10.0. The first-order valence-electron chi connectivity index (χ1n) is 7.03. The lowest BCUT2D eigenvalue weighted by Gasteiger charge is -2.22. The quantitative estimate of drug-likeness (QED) is 0.744. The third kappa shape index (κ3) is 6.10. The lowest BCUT2D eigenvalue weighted by molar-refractivity contribution is 0.337. The third-order valence-electron chi connectivity index (χ3n) is 2.89. The molecule has 112 valence electrons. The monoisotopic (exact) mass is 339 g/mol. The van der Waals surface area contributed by atoms with Gasteiger partial charge in [0.1, 0.15) is 12.4 Å². The molecule has 0 atom stereocenters. The molecule has 0 aliphatic heterocycles. The zero-order valence-electron chi connectivity index (χ0n) is 13.2. The van der Waals surface area contributed by atoms with Crippen molar-refractivity contribution in [1.29, 1.82) is 0 Å². The van der Waals surface area contributed by atoms with E-state index in [1.165, 1.54) is 5.56 Å². The number of hydrogen-bond acceptors (Lipinski definition) is 2. The Hall–Kier alpha value is -0.800. The van der Waals surface area contributed by atoms with Crippen molar-refractivity contribution >= 4 is 15.9 Å². The summed E-state index contributed by atoms with van der Waals surface area (Å²) in [5.41, 5.74) is 2.37. The third-order valence-corrected chi connectivity index (χ3v) is 3.39. The van der Waals surface area contributed by atoms with E-state index in [1.54, 1.807) is 0 Å². The Morgan fingerprint density at radius 1 is 1.35 bits per heavy atom. The second-order valence-electron chi connectivity index (χ2n) is 6.48. The summed E-state index contributed by atoms with van der Waals surface area (Å²) in [7, 11) is 0. The average molecular weight is 340 g/mol. The van der Waals surface area contributed by atoms with Crippen LogP contribution in [-0.2, 0) is 0 Å². The maximum Gasteiger partial charge on any atom is 0.123 e. The van der Waals surface area contributed by atoms with E-state index in [4.69, 9.17) is 4.74 Å². The molecule has 0 fully saturated rings. The van der Waals surface area contributed by atoms with E-state index in [-0.39, 0.29) is 5.54 Å². The van der Waals surface area contributed by atoms with Gasteiger partial charge in [-0.3, -0.25) is 0 Å². The molecule has 0 heterocycles. The van der Waals surface area contributed by atoms with Gasteiger partial charge in [0.15, 0.2) is 0 Å². The van der Waals surface area contributed by atoms with Crippen LogP contribution in [0.25, 0.3) is 0 Å². The highest BCUT2D eigenvalue weighted by atomic mass is 79.9. The van der Waals surface area contributed by atoms with Crippen molar-refractivity contribution in [2.75, 3.05) is 13.2 Å². The molecule has 20 heavy (non-hydrogen) atoms. The molecule has 0 amide bonds. The number of benzene rings is 1. The van der Waals surface area contributed by atoms with Gasteiger partial charge in [-0.1, -0.05) is 36.4 Å². The Bertz CT molecular complexity index is 461. The number of rotatable bonds is 6. The molecule has 0 aromatic heterocycles. The van der Waals surface area contributed by atoms with Crippen LogP contribution in [0.4, 0.5) is 0 Å². The fourth-order valence-corrected chi connectivity index (χ4v) is 2.10. The normalized spacial score (nSPS) is 11.8. The van der Waals surface area contributed by atoms with E-state index in [0.29, 0.717) is 12.5 Å². The molecule has 0 aliphatic rings. The lowest BCUT2D eigenvalue weighted by Crippen LogP contribution is -2.37. The van der Waals surface area contributed by atoms with Crippen LogP contribution in [0, 0.1) is 0 Å². The Labute approximate surface area is 131 Å². The summed E-state index contributed by atoms with van der Waals surface area (Å²) < 4.78 is 7.01. The van der Waals surface area contributed by atoms with Gasteiger partial charge in [0.05, 0.1) is 0 Å². The molecule has 1 aromatic rings. The van der Waals surface area contributed by atoms with Gasteiger partial charge < -0.3 is 10.1 Å². The van der Waals surface area contributed by atoms with Crippen LogP contribution < -0.4 is 10.1 Å². The van der Waals surface area contributed by atoms with Crippen molar-refractivity contribution < 1.29 is 4.74 Å². The minimum Gasteiger partial charge on any atom is -0.489 e. The molecule has 2 nitrogen and oxygen atoms in total. The Morgan fingerprint density at radius 2 is 2.00 bits per heavy atom. The summed E-state index contributed by atoms with van der Waals surface area (Å²) in [5, 5.41) is 3.42. The fourth-order valence-electron chi connectivity index (χ4n) is 1.72. The molecule has 0 aliphatic carbocycles. The highest BCUT2D eigenvalue weighted by Gasteiger charge is 2.11. The van der Waals surface area contributed by atoms with Crippen LogP contribution in [0.15, 0.2) is 34.8 Å². The Morgan fingerprint density at radius 3 is 2.55 bits per heavy atom. The summed E-state index contributed by atoms with van der Waals surface area (Å²) in [6.07, 6.45) is 0. The summed E-state index contributed by atoms with van der Waals surface area (Å²) in [6, 6.07) is 6.15. The van der Waals surface area contributed by atoms with Crippen LogP contribution in [0.1, 0.15) is 46.1 Å². The van der Waals surface area contributed by atoms with Crippen LogP contribution in [-0.4, -0.2) is 18.7 Å². The van der Waals surface area contributed by atoms with Gasteiger partial charge in [-0.25, -0.2) is 0 Å². The predicted molar refractivity (Wildman–Crippen MR) is 90.6 cm³/mol. The molecule has 0 spiro atoms. The average Bonchev–Trinajstić information content (AvgIpc) is 2.33. The van der Waals surface area contributed by atoms with Crippen LogP contribution in [0.2, 0.25) is 0 Å². The SMILES string of the molecule is C=C(CNC(C)(C)C)COc1ccc(Br)cc1C(C)C. The molecule has 1 rings (SSSR count). The van der Waals surface area contributed by atoms with E-state index >= 15 is 0 Å². The molecule has 3 heteroatoms. The molecule has 0 radical (unpaired) electrons.